The molecule has 0 spiro atoms. The largest absolute Gasteiger partial charge is 0.285 e. The fourth-order valence-corrected chi connectivity index (χ4v) is 0.652. The summed E-state index contributed by atoms with van der Waals surface area (Å²) >= 11 is 0. The third-order valence-corrected chi connectivity index (χ3v) is 1.20. The van der Waals surface area contributed by atoms with Crippen molar-refractivity contribution >= 4 is 6.34 Å². The fraction of sp³-hybridized carbons (Fsp3) is 0.800. The molecule has 0 saturated carbocycles. The van der Waals surface area contributed by atoms with Gasteiger partial charge in [0.2, 0.25) is 0 Å². The Morgan fingerprint density at radius 2 is 2.29 bits per heavy atom. The highest BCUT2D eigenvalue weighted by atomic mass is 15.3. The number of hydrogen-bond acceptors (Lipinski definition) is 1. The van der Waals surface area contributed by atoms with Gasteiger partial charge in [0.1, 0.15) is 6.54 Å². The van der Waals surface area contributed by atoms with Gasteiger partial charge in [-0.25, -0.2) is 4.99 Å². The topological polar surface area (TPSA) is 12.4 Å². The lowest BCUT2D eigenvalue weighted by Gasteiger charge is -2.16. The molecule has 1 aliphatic heterocycles. The predicted octanol–water partition coefficient (Wildman–Crippen LogP) is 0.105. The number of nitrogens with zero attached hydrogens (tertiary/aromatic N) is 2. The molecule has 0 N–H and O–H groups in total. The summed E-state index contributed by atoms with van der Waals surface area (Å²) in [6.45, 7) is 2.17. The van der Waals surface area contributed by atoms with E-state index in [2.05, 4.69) is 19.1 Å². The molecule has 1 aliphatic rings. The number of quaternary nitrogens is 1. The first-order chi connectivity index (χ1) is 3.21. The monoisotopic (exact) mass is 99.1 g/mol. The fourth-order valence-electron chi connectivity index (χ4n) is 0.652. The van der Waals surface area contributed by atoms with E-state index in [1.54, 1.807) is 0 Å². The van der Waals surface area contributed by atoms with Crippen molar-refractivity contribution in [1.29, 1.82) is 0 Å². The molecule has 40 valence electrons. The predicted molar refractivity (Wildman–Crippen MR) is 30.3 cm³/mol. The minimum atomic E-state index is 0.958. The molecule has 0 aromatic carbocycles. The Kier molecular flexibility index (Phi) is 0.889. The number of rotatable bonds is 0. The van der Waals surface area contributed by atoms with E-state index in [0.717, 1.165) is 11.0 Å². The molecule has 0 saturated heterocycles. The van der Waals surface area contributed by atoms with Crippen LogP contribution in [0.4, 0.5) is 0 Å². The molecule has 2 heteroatoms. The number of hydrogen-bond donors (Lipinski definition) is 0. The van der Waals surface area contributed by atoms with Crippen LogP contribution in [-0.2, 0) is 0 Å². The molecule has 1 heterocycles. The normalized spacial score (nSPS) is 26.0. The van der Waals surface area contributed by atoms with Crippen LogP contribution < -0.4 is 0 Å². The van der Waals surface area contributed by atoms with Crippen molar-refractivity contribution in [2.45, 2.75) is 0 Å². The summed E-state index contributed by atoms with van der Waals surface area (Å²) in [6.07, 6.45) is 1.99. The van der Waals surface area contributed by atoms with E-state index >= 15 is 0 Å². The van der Waals surface area contributed by atoms with Crippen molar-refractivity contribution in [3.63, 3.8) is 0 Å². The Hall–Kier alpha value is -0.370. The second-order valence-electron chi connectivity index (χ2n) is 2.52. The molecule has 0 bridgehead atoms. The summed E-state index contributed by atoms with van der Waals surface area (Å²) in [5, 5.41) is 0. The first-order valence-corrected chi connectivity index (χ1v) is 2.54. The second kappa shape index (κ2) is 1.30. The van der Waals surface area contributed by atoms with Gasteiger partial charge >= 0.3 is 0 Å². The molecular formula is C5H11N2+. The maximum atomic E-state index is 4.08. The molecule has 0 unspecified atom stereocenters. The van der Waals surface area contributed by atoms with E-state index < -0.39 is 0 Å². The second-order valence-corrected chi connectivity index (χ2v) is 2.52. The molecule has 0 aromatic heterocycles. The summed E-state index contributed by atoms with van der Waals surface area (Å²) in [4.78, 5) is 4.08. The zero-order chi connectivity index (χ0) is 5.33. The van der Waals surface area contributed by atoms with Crippen LogP contribution in [0.3, 0.4) is 0 Å². The van der Waals surface area contributed by atoms with E-state index in [1.807, 2.05) is 6.34 Å². The summed E-state index contributed by atoms with van der Waals surface area (Å²) in [7, 11) is 4.30. The molecule has 0 atom stereocenters. The Bertz CT molecular complexity index is 94.3. The van der Waals surface area contributed by atoms with Gasteiger partial charge in [-0.15, -0.1) is 0 Å². The quantitative estimate of drug-likeness (QED) is 0.382. The van der Waals surface area contributed by atoms with E-state index in [4.69, 9.17) is 0 Å². The highest BCUT2D eigenvalue weighted by molar-refractivity contribution is 5.47. The molecule has 0 amide bonds. The van der Waals surface area contributed by atoms with Gasteiger partial charge < -0.3 is 0 Å². The van der Waals surface area contributed by atoms with E-state index in [-0.39, 0.29) is 0 Å². The highest BCUT2D eigenvalue weighted by Gasteiger charge is 2.15. The van der Waals surface area contributed by atoms with Gasteiger partial charge in [-0.2, -0.15) is 0 Å². The minimum Gasteiger partial charge on any atom is -0.285 e. The number of aliphatic imine (C=N–C) groups is 1. The van der Waals surface area contributed by atoms with E-state index in [1.165, 1.54) is 6.54 Å². The van der Waals surface area contributed by atoms with Gasteiger partial charge in [-0.1, -0.05) is 0 Å². The van der Waals surface area contributed by atoms with Crippen molar-refractivity contribution in [3.8, 4) is 0 Å². The van der Waals surface area contributed by atoms with Crippen LogP contribution in [0.5, 0.6) is 0 Å². The molecule has 7 heavy (non-hydrogen) atoms. The van der Waals surface area contributed by atoms with Crippen molar-refractivity contribution in [3.05, 3.63) is 0 Å². The van der Waals surface area contributed by atoms with Crippen LogP contribution in [0.2, 0.25) is 0 Å². The first kappa shape index (κ1) is 4.78. The average Bonchev–Trinajstić information content (AvgIpc) is 1.84. The maximum absolute atomic E-state index is 4.08. The highest BCUT2D eigenvalue weighted by Crippen LogP contribution is 1.97. The van der Waals surface area contributed by atoms with Gasteiger partial charge in [-0.3, -0.25) is 4.48 Å². The van der Waals surface area contributed by atoms with Crippen molar-refractivity contribution in [2.75, 3.05) is 27.2 Å². The summed E-state index contributed by atoms with van der Waals surface area (Å²) in [5.74, 6) is 0. The average molecular weight is 99.2 g/mol. The molecule has 0 radical (unpaired) electrons. The van der Waals surface area contributed by atoms with E-state index in [0.29, 0.717) is 0 Å². The Morgan fingerprint density at radius 1 is 1.57 bits per heavy atom. The summed E-state index contributed by atoms with van der Waals surface area (Å²) in [5.41, 5.74) is 0. The Labute approximate surface area is 44.1 Å². The third-order valence-electron chi connectivity index (χ3n) is 1.20. The zero-order valence-corrected chi connectivity index (χ0v) is 4.89. The molecule has 0 aliphatic carbocycles. The van der Waals surface area contributed by atoms with E-state index in [9.17, 15) is 0 Å². The van der Waals surface area contributed by atoms with Crippen LogP contribution in [0.15, 0.2) is 4.99 Å². The minimum absolute atomic E-state index is 0.958. The van der Waals surface area contributed by atoms with Gasteiger partial charge in [0.15, 0.2) is 6.34 Å². The van der Waals surface area contributed by atoms with Gasteiger partial charge in [-0.05, 0) is 0 Å². The van der Waals surface area contributed by atoms with Gasteiger partial charge in [0.25, 0.3) is 0 Å². The molecule has 0 fully saturated rings. The molecule has 1 rings (SSSR count). The standard InChI is InChI=1S/C5H11N2/c1-7(2)4-3-6-5-7/h5H,3-4H2,1-2H3/q+1. The van der Waals surface area contributed by atoms with Crippen molar-refractivity contribution in [2.24, 2.45) is 4.99 Å². The SMILES string of the molecule is C[N+]1(C)C=NCC1. The van der Waals surface area contributed by atoms with Crippen molar-refractivity contribution in [1.82, 2.24) is 0 Å². The van der Waals surface area contributed by atoms with Crippen LogP contribution in [0.25, 0.3) is 0 Å². The maximum Gasteiger partial charge on any atom is 0.185 e. The summed E-state index contributed by atoms with van der Waals surface area (Å²) in [6, 6.07) is 0. The van der Waals surface area contributed by atoms with Crippen LogP contribution in [-0.4, -0.2) is 38.0 Å². The Balaban J connectivity index is 2.57. The molecule has 2 nitrogen and oxygen atoms in total. The van der Waals surface area contributed by atoms with Gasteiger partial charge in [0, 0.05) is 0 Å². The van der Waals surface area contributed by atoms with Gasteiger partial charge in [0.05, 0.1) is 20.6 Å². The lowest BCUT2D eigenvalue weighted by Crippen LogP contribution is -2.35. The lowest BCUT2D eigenvalue weighted by molar-refractivity contribution is -0.784. The number of likely N-dealkylation sites (N-methyl/N-ethyl adjacent to an activating group) is 1. The smallest absolute Gasteiger partial charge is 0.185 e. The molecular weight excluding hydrogens is 88.1 g/mol. The first-order valence-electron chi connectivity index (χ1n) is 2.54. The lowest BCUT2D eigenvalue weighted by atomic mass is 10.6. The van der Waals surface area contributed by atoms with Crippen LogP contribution in [0.1, 0.15) is 0 Å². The summed E-state index contributed by atoms with van der Waals surface area (Å²) < 4.78 is 0.958. The van der Waals surface area contributed by atoms with Crippen molar-refractivity contribution < 1.29 is 4.48 Å². The van der Waals surface area contributed by atoms with Crippen LogP contribution in [0, 0.1) is 0 Å². The Morgan fingerprint density at radius 3 is 2.43 bits per heavy atom. The molecule has 0 aromatic rings. The third kappa shape index (κ3) is 0.996. The zero-order valence-electron chi connectivity index (χ0n) is 4.89. The van der Waals surface area contributed by atoms with Crippen LogP contribution >= 0.6 is 0 Å².